The lowest BCUT2D eigenvalue weighted by molar-refractivity contribution is -0.137. The number of anilines is 1. The number of nitrogens with zero attached hydrogens (tertiary/aromatic N) is 2. The number of carbonyl (C=O) groups excluding carboxylic acids is 1. The summed E-state index contributed by atoms with van der Waals surface area (Å²) < 4.78 is 26.2. The van der Waals surface area contributed by atoms with Crippen molar-refractivity contribution in [2.45, 2.75) is 13.0 Å². The zero-order valence-corrected chi connectivity index (χ0v) is 13.6. The summed E-state index contributed by atoms with van der Waals surface area (Å²) in [5, 5.41) is 12.3. The van der Waals surface area contributed by atoms with E-state index >= 15 is 0 Å². The van der Waals surface area contributed by atoms with Crippen LogP contribution in [0.2, 0.25) is 0 Å². The van der Waals surface area contributed by atoms with Gasteiger partial charge in [0.25, 0.3) is 0 Å². The Kier molecular flexibility index (Phi) is 4.29. The molecule has 2 heterocycles. The average molecular weight is 351 g/mol. The van der Waals surface area contributed by atoms with Gasteiger partial charge in [-0.25, -0.2) is 8.42 Å². The number of carboxylic acids is 1. The van der Waals surface area contributed by atoms with Crippen molar-refractivity contribution in [1.82, 2.24) is 8.87 Å². The Labute approximate surface area is 138 Å². The molecular formula is C15H17N3O5S. The summed E-state index contributed by atoms with van der Waals surface area (Å²) in [5.41, 5.74) is 1.29. The third-order valence-electron chi connectivity index (χ3n) is 3.88. The minimum atomic E-state index is -3.30. The van der Waals surface area contributed by atoms with Gasteiger partial charge in [0.15, 0.2) is 0 Å². The second-order valence-corrected chi connectivity index (χ2v) is 7.75. The van der Waals surface area contributed by atoms with Crippen LogP contribution in [-0.4, -0.2) is 53.1 Å². The monoisotopic (exact) mass is 351 g/mol. The Morgan fingerprint density at radius 2 is 2.00 bits per heavy atom. The summed E-state index contributed by atoms with van der Waals surface area (Å²) in [5.74, 6) is -1.25. The lowest BCUT2D eigenvalue weighted by atomic mass is 10.2. The molecule has 0 spiro atoms. The van der Waals surface area contributed by atoms with Gasteiger partial charge in [-0.1, -0.05) is 0 Å². The quantitative estimate of drug-likeness (QED) is 0.824. The molecule has 1 fully saturated rings. The first kappa shape index (κ1) is 16.5. The molecule has 1 aliphatic heterocycles. The van der Waals surface area contributed by atoms with Crippen LogP contribution in [0.15, 0.2) is 30.5 Å². The highest BCUT2D eigenvalue weighted by atomic mass is 32.2. The molecule has 1 amide bonds. The van der Waals surface area contributed by atoms with Gasteiger partial charge >= 0.3 is 5.97 Å². The Hall–Kier alpha value is -2.39. The highest BCUT2D eigenvalue weighted by Crippen LogP contribution is 2.21. The molecule has 0 aliphatic carbocycles. The lowest BCUT2D eigenvalue weighted by Gasteiger charge is -2.14. The number of rotatable bonds is 5. The van der Waals surface area contributed by atoms with E-state index in [1.807, 2.05) is 0 Å². The van der Waals surface area contributed by atoms with E-state index in [-0.39, 0.29) is 18.8 Å². The summed E-state index contributed by atoms with van der Waals surface area (Å²) in [6.07, 6.45) is 2.21. The largest absolute Gasteiger partial charge is 0.480 e. The van der Waals surface area contributed by atoms with Crippen molar-refractivity contribution in [3.63, 3.8) is 0 Å². The Morgan fingerprint density at radius 3 is 2.67 bits per heavy atom. The van der Waals surface area contributed by atoms with E-state index in [1.54, 1.807) is 35.0 Å². The molecule has 1 saturated heterocycles. The minimum absolute atomic E-state index is 0.0866. The molecule has 1 aromatic carbocycles. The number of amides is 1. The van der Waals surface area contributed by atoms with Crippen LogP contribution in [0.25, 0.3) is 10.9 Å². The number of carboxylic acid groups (broad SMARTS) is 1. The van der Waals surface area contributed by atoms with Crippen LogP contribution in [0.3, 0.4) is 0 Å². The third-order valence-corrected chi connectivity index (χ3v) is 5.79. The van der Waals surface area contributed by atoms with E-state index < -0.39 is 21.9 Å². The van der Waals surface area contributed by atoms with Crippen molar-refractivity contribution in [1.29, 1.82) is 0 Å². The van der Waals surface area contributed by atoms with Gasteiger partial charge in [-0.2, -0.15) is 4.31 Å². The van der Waals surface area contributed by atoms with Gasteiger partial charge in [-0.3, -0.25) is 9.59 Å². The van der Waals surface area contributed by atoms with Crippen molar-refractivity contribution in [2.75, 3.05) is 24.2 Å². The van der Waals surface area contributed by atoms with Gasteiger partial charge in [-0.05, 0) is 30.7 Å². The first-order valence-electron chi connectivity index (χ1n) is 7.43. The highest BCUT2D eigenvalue weighted by molar-refractivity contribution is 7.89. The Balaban J connectivity index is 1.71. The van der Waals surface area contributed by atoms with Crippen molar-refractivity contribution in [3.05, 3.63) is 30.5 Å². The molecule has 0 radical (unpaired) electrons. The summed E-state index contributed by atoms with van der Waals surface area (Å²) in [7, 11) is -3.30. The molecule has 2 aromatic rings. The van der Waals surface area contributed by atoms with Gasteiger partial charge in [0.2, 0.25) is 15.9 Å². The average Bonchev–Trinajstić information content (AvgIpc) is 3.02. The van der Waals surface area contributed by atoms with Crippen LogP contribution in [-0.2, 0) is 26.2 Å². The number of aromatic nitrogens is 1. The fraction of sp³-hybridized carbons (Fsp3) is 0.333. The summed E-state index contributed by atoms with van der Waals surface area (Å²) in [6.45, 7) is 0.0370. The van der Waals surface area contributed by atoms with Gasteiger partial charge in [-0.15, -0.1) is 0 Å². The summed E-state index contributed by atoms with van der Waals surface area (Å²) in [6, 6.07) is 6.88. The maximum absolute atomic E-state index is 12.0. The number of carbonyl (C=O) groups is 2. The van der Waals surface area contributed by atoms with Crippen LogP contribution < -0.4 is 5.32 Å². The SMILES string of the molecule is O=C(O)Cn1ccc2cc(NC(=O)CN3CCCS3(=O)=O)ccc21. The first-order valence-corrected chi connectivity index (χ1v) is 9.04. The van der Waals surface area contributed by atoms with Gasteiger partial charge in [0.05, 0.1) is 12.3 Å². The molecule has 9 heteroatoms. The smallest absolute Gasteiger partial charge is 0.323 e. The predicted molar refractivity (Wildman–Crippen MR) is 88.2 cm³/mol. The van der Waals surface area contributed by atoms with Crippen molar-refractivity contribution >= 4 is 38.5 Å². The van der Waals surface area contributed by atoms with Crippen LogP contribution in [0, 0.1) is 0 Å². The minimum Gasteiger partial charge on any atom is -0.480 e. The summed E-state index contributed by atoms with van der Waals surface area (Å²) >= 11 is 0. The standard InChI is InChI=1S/C15H17N3O5S/c19-14(9-18-5-1-7-24(18,22)23)16-12-2-3-13-11(8-12)4-6-17(13)10-15(20)21/h2-4,6,8H,1,5,7,9-10H2,(H,16,19)(H,20,21). The first-order chi connectivity index (χ1) is 11.3. The fourth-order valence-corrected chi connectivity index (χ4v) is 4.26. The van der Waals surface area contributed by atoms with E-state index in [0.29, 0.717) is 18.7 Å². The van der Waals surface area contributed by atoms with E-state index in [4.69, 9.17) is 5.11 Å². The van der Waals surface area contributed by atoms with Crippen molar-refractivity contribution in [3.8, 4) is 0 Å². The van der Waals surface area contributed by atoms with Crippen LogP contribution in [0.4, 0.5) is 5.69 Å². The molecule has 2 N–H and O–H groups in total. The number of sulfonamides is 1. The Morgan fingerprint density at radius 1 is 1.21 bits per heavy atom. The molecule has 128 valence electrons. The van der Waals surface area contributed by atoms with Crippen molar-refractivity contribution in [2.24, 2.45) is 0 Å². The van der Waals surface area contributed by atoms with Crippen LogP contribution in [0.1, 0.15) is 6.42 Å². The number of benzene rings is 1. The molecule has 1 aromatic heterocycles. The number of aliphatic carboxylic acids is 1. The molecule has 0 atom stereocenters. The molecular weight excluding hydrogens is 334 g/mol. The molecule has 3 rings (SSSR count). The number of fused-ring (bicyclic) bond motifs is 1. The normalized spacial score (nSPS) is 17.2. The van der Waals surface area contributed by atoms with Crippen molar-refractivity contribution < 1.29 is 23.1 Å². The van der Waals surface area contributed by atoms with Crippen LogP contribution in [0.5, 0.6) is 0 Å². The van der Waals surface area contributed by atoms with Gasteiger partial charge in [0.1, 0.15) is 6.54 Å². The predicted octanol–water partition coefficient (Wildman–Crippen LogP) is 0.700. The molecule has 0 unspecified atom stereocenters. The molecule has 1 aliphatic rings. The zero-order valence-electron chi connectivity index (χ0n) is 12.8. The maximum atomic E-state index is 12.0. The summed E-state index contributed by atoms with van der Waals surface area (Å²) in [4.78, 5) is 22.9. The van der Waals surface area contributed by atoms with E-state index in [0.717, 1.165) is 10.9 Å². The van der Waals surface area contributed by atoms with Gasteiger partial charge < -0.3 is 15.0 Å². The third kappa shape index (κ3) is 3.41. The molecule has 0 bridgehead atoms. The van der Waals surface area contributed by atoms with E-state index in [1.165, 1.54) is 4.31 Å². The van der Waals surface area contributed by atoms with E-state index in [9.17, 15) is 18.0 Å². The number of hydrogen-bond donors (Lipinski definition) is 2. The van der Waals surface area contributed by atoms with E-state index in [2.05, 4.69) is 5.32 Å². The second-order valence-electron chi connectivity index (χ2n) is 5.66. The Bertz CT molecular complexity index is 903. The molecule has 24 heavy (non-hydrogen) atoms. The number of nitrogens with one attached hydrogen (secondary N) is 1. The molecule has 0 saturated carbocycles. The fourth-order valence-electron chi connectivity index (χ4n) is 2.79. The van der Waals surface area contributed by atoms with Crippen LogP contribution >= 0.6 is 0 Å². The topological polar surface area (TPSA) is 109 Å². The number of hydrogen-bond acceptors (Lipinski definition) is 4. The lowest BCUT2D eigenvalue weighted by Crippen LogP contribution is -2.34. The molecule has 8 nitrogen and oxygen atoms in total. The maximum Gasteiger partial charge on any atom is 0.323 e. The highest BCUT2D eigenvalue weighted by Gasteiger charge is 2.29. The van der Waals surface area contributed by atoms with Gasteiger partial charge in [0, 0.05) is 29.3 Å². The zero-order chi connectivity index (χ0) is 17.3. The second kappa shape index (κ2) is 6.25.